The van der Waals surface area contributed by atoms with E-state index in [-0.39, 0.29) is 0 Å². The van der Waals surface area contributed by atoms with Crippen LogP contribution in [0.5, 0.6) is 0 Å². The van der Waals surface area contributed by atoms with Gasteiger partial charge in [-0.05, 0) is 22.9 Å². The maximum atomic E-state index is 5.43. The van der Waals surface area contributed by atoms with Crippen molar-refractivity contribution in [2.24, 2.45) is 0 Å². The van der Waals surface area contributed by atoms with Crippen LogP contribution in [-0.4, -0.2) is 14.5 Å². The summed E-state index contributed by atoms with van der Waals surface area (Å²) in [4.78, 5) is 10.9. The second kappa shape index (κ2) is 10.7. The van der Waals surface area contributed by atoms with Crippen LogP contribution < -0.4 is 0 Å². The molecule has 0 spiro atoms. The minimum atomic E-state index is 0.704. The molecule has 0 fully saturated rings. The van der Waals surface area contributed by atoms with Crippen LogP contribution in [0.25, 0.3) is 92.3 Å². The Balaban J connectivity index is 1.48. The zero-order valence-corrected chi connectivity index (χ0v) is 26.7. The normalized spacial score (nSPS) is 11.8. The highest BCUT2D eigenvalue weighted by Gasteiger charge is 2.27. The number of benzene rings is 7. The van der Waals surface area contributed by atoms with Crippen molar-refractivity contribution < 1.29 is 0 Å². The summed E-state index contributed by atoms with van der Waals surface area (Å²) in [5.74, 6) is 0.704. The third-order valence-electron chi connectivity index (χ3n) is 9.39. The van der Waals surface area contributed by atoms with Crippen molar-refractivity contribution >= 4 is 64.1 Å². The lowest BCUT2D eigenvalue weighted by Gasteiger charge is -2.19. The van der Waals surface area contributed by atoms with E-state index in [2.05, 4.69) is 150 Å². The fourth-order valence-electron chi connectivity index (χ4n) is 7.34. The molecule has 4 heteroatoms. The summed E-state index contributed by atoms with van der Waals surface area (Å²) >= 11 is 1.87. The smallest absolute Gasteiger partial charge is 0.160 e. The molecule has 48 heavy (non-hydrogen) atoms. The number of aromatic nitrogens is 3. The molecule has 0 amide bonds. The Morgan fingerprint density at radius 2 is 0.896 bits per heavy atom. The molecular formula is C44H27N3S. The van der Waals surface area contributed by atoms with E-state index in [1.807, 2.05) is 29.5 Å². The molecule has 0 atom stereocenters. The van der Waals surface area contributed by atoms with Gasteiger partial charge in [0.1, 0.15) is 0 Å². The SMILES string of the molecule is c1ccc(-c2nc(-c3ccccc3)c(-n3c4ccccc4c4c5ccccc5c5c6ccccc6sc5c43)c(-c3ccccc3)n2)cc1. The third-order valence-corrected chi connectivity index (χ3v) is 10.6. The second-order valence-electron chi connectivity index (χ2n) is 12.1. The summed E-state index contributed by atoms with van der Waals surface area (Å²) < 4.78 is 5.02. The summed E-state index contributed by atoms with van der Waals surface area (Å²) in [6.45, 7) is 0. The number of hydrogen-bond donors (Lipinski definition) is 0. The molecule has 0 aliphatic rings. The quantitative estimate of drug-likeness (QED) is 0.194. The van der Waals surface area contributed by atoms with Crippen LogP contribution in [0.1, 0.15) is 0 Å². The van der Waals surface area contributed by atoms with Gasteiger partial charge in [-0.2, -0.15) is 0 Å². The zero-order chi connectivity index (χ0) is 31.6. The highest BCUT2D eigenvalue weighted by atomic mass is 32.1. The van der Waals surface area contributed by atoms with Crippen molar-refractivity contribution in [2.75, 3.05) is 0 Å². The van der Waals surface area contributed by atoms with Crippen molar-refractivity contribution in [2.45, 2.75) is 0 Å². The van der Waals surface area contributed by atoms with E-state index in [1.165, 1.54) is 47.2 Å². The Kier molecular flexibility index (Phi) is 6.05. The van der Waals surface area contributed by atoms with Crippen LogP contribution in [0, 0.1) is 0 Å². The lowest BCUT2D eigenvalue weighted by Crippen LogP contribution is -2.06. The minimum absolute atomic E-state index is 0.704. The van der Waals surface area contributed by atoms with Gasteiger partial charge in [0.05, 0.1) is 32.8 Å². The molecule has 224 valence electrons. The highest BCUT2D eigenvalue weighted by Crippen LogP contribution is 2.49. The Morgan fingerprint density at radius 1 is 0.417 bits per heavy atom. The van der Waals surface area contributed by atoms with Crippen molar-refractivity contribution in [3.8, 4) is 39.6 Å². The maximum Gasteiger partial charge on any atom is 0.160 e. The lowest BCUT2D eigenvalue weighted by atomic mass is 9.99. The molecule has 10 rings (SSSR count). The molecule has 10 aromatic rings. The van der Waals surface area contributed by atoms with Gasteiger partial charge >= 0.3 is 0 Å². The summed E-state index contributed by atoms with van der Waals surface area (Å²) in [7, 11) is 0. The Hall–Kier alpha value is -6.10. The lowest BCUT2D eigenvalue weighted by molar-refractivity contribution is 1.09. The Bertz CT molecular complexity index is 2760. The molecule has 0 unspecified atom stereocenters. The first-order valence-corrected chi connectivity index (χ1v) is 17.0. The largest absolute Gasteiger partial charge is 0.304 e. The molecule has 0 radical (unpaired) electrons. The molecule has 3 nitrogen and oxygen atoms in total. The van der Waals surface area contributed by atoms with Gasteiger partial charge in [0.25, 0.3) is 0 Å². The van der Waals surface area contributed by atoms with Crippen molar-refractivity contribution in [3.05, 3.63) is 164 Å². The van der Waals surface area contributed by atoms with Gasteiger partial charge in [-0.25, -0.2) is 9.97 Å². The van der Waals surface area contributed by atoms with Crippen LogP contribution in [0.15, 0.2) is 164 Å². The van der Waals surface area contributed by atoms with E-state index >= 15 is 0 Å². The number of para-hydroxylation sites is 1. The van der Waals surface area contributed by atoms with E-state index in [1.54, 1.807) is 0 Å². The minimum Gasteiger partial charge on any atom is -0.304 e. The fourth-order valence-corrected chi connectivity index (χ4v) is 8.59. The second-order valence-corrected chi connectivity index (χ2v) is 13.2. The number of nitrogens with zero attached hydrogens (tertiary/aromatic N) is 3. The molecular weight excluding hydrogens is 603 g/mol. The number of rotatable bonds is 4. The monoisotopic (exact) mass is 629 g/mol. The van der Waals surface area contributed by atoms with Gasteiger partial charge in [-0.3, -0.25) is 0 Å². The van der Waals surface area contributed by atoms with Gasteiger partial charge < -0.3 is 4.57 Å². The van der Waals surface area contributed by atoms with Gasteiger partial charge in [0.2, 0.25) is 0 Å². The molecule has 7 aromatic carbocycles. The van der Waals surface area contributed by atoms with Crippen LogP contribution in [-0.2, 0) is 0 Å². The van der Waals surface area contributed by atoms with Gasteiger partial charge in [-0.1, -0.05) is 152 Å². The highest BCUT2D eigenvalue weighted by molar-refractivity contribution is 7.27. The summed E-state index contributed by atoms with van der Waals surface area (Å²) in [5, 5.41) is 7.59. The summed E-state index contributed by atoms with van der Waals surface area (Å²) in [5.41, 5.74) is 8.17. The number of hydrogen-bond acceptors (Lipinski definition) is 3. The fraction of sp³-hybridized carbons (Fsp3) is 0. The average molecular weight is 630 g/mol. The predicted molar refractivity (Wildman–Crippen MR) is 203 cm³/mol. The number of fused-ring (bicyclic) bond motifs is 10. The van der Waals surface area contributed by atoms with Crippen LogP contribution in [0.3, 0.4) is 0 Å². The third kappa shape index (κ3) is 4.00. The van der Waals surface area contributed by atoms with Crippen LogP contribution >= 0.6 is 11.3 Å². The molecule has 3 heterocycles. The molecule has 3 aromatic heterocycles. The van der Waals surface area contributed by atoms with Crippen molar-refractivity contribution in [1.29, 1.82) is 0 Å². The van der Waals surface area contributed by atoms with E-state index in [0.29, 0.717) is 5.82 Å². The molecule has 0 N–H and O–H groups in total. The van der Waals surface area contributed by atoms with E-state index < -0.39 is 0 Å². The van der Waals surface area contributed by atoms with Crippen molar-refractivity contribution in [3.63, 3.8) is 0 Å². The van der Waals surface area contributed by atoms with Crippen LogP contribution in [0.2, 0.25) is 0 Å². The summed E-state index contributed by atoms with van der Waals surface area (Å²) in [6.07, 6.45) is 0. The van der Waals surface area contributed by atoms with E-state index in [9.17, 15) is 0 Å². The standard InChI is InChI=1S/C44H27N3S/c1-4-16-28(17-5-1)39-42(40(29-18-6-2-7-19-29)46-44(45-39)30-20-8-3-9-21-30)47-35-26-14-12-24-33(35)37-31-22-10-11-23-32(31)38-34-25-13-15-27-36(34)48-43(38)41(37)47/h1-27H. The first kappa shape index (κ1) is 27.1. The topological polar surface area (TPSA) is 30.7 Å². The zero-order valence-electron chi connectivity index (χ0n) is 25.8. The van der Waals surface area contributed by atoms with E-state index in [4.69, 9.17) is 9.97 Å². The Morgan fingerprint density at radius 3 is 1.52 bits per heavy atom. The molecule has 0 bridgehead atoms. The van der Waals surface area contributed by atoms with Gasteiger partial charge in [-0.15, -0.1) is 11.3 Å². The molecule has 0 aliphatic carbocycles. The molecule has 0 aliphatic heterocycles. The van der Waals surface area contributed by atoms with Gasteiger partial charge in [0, 0.05) is 42.9 Å². The maximum absolute atomic E-state index is 5.43. The van der Waals surface area contributed by atoms with Crippen molar-refractivity contribution in [1.82, 2.24) is 14.5 Å². The summed E-state index contributed by atoms with van der Waals surface area (Å²) in [6, 6.07) is 58.0. The average Bonchev–Trinajstić information content (AvgIpc) is 3.72. The van der Waals surface area contributed by atoms with E-state index in [0.717, 1.165) is 39.3 Å². The predicted octanol–water partition coefficient (Wildman–Crippen LogP) is 12.1. The number of thiophene rings is 1. The first-order valence-electron chi connectivity index (χ1n) is 16.2. The Labute approximate surface area is 281 Å². The first-order chi connectivity index (χ1) is 23.8. The van der Waals surface area contributed by atoms with Gasteiger partial charge in [0.15, 0.2) is 5.82 Å². The molecule has 0 saturated carbocycles. The molecule has 0 saturated heterocycles. The van der Waals surface area contributed by atoms with Crippen LogP contribution in [0.4, 0.5) is 0 Å².